The number of piperidine rings is 1. The normalized spacial score (nSPS) is 16.2. The molecule has 7 nitrogen and oxygen atoms in total. The van der Waals surface area contributed by atoms with Gasteiger partial charge in [-0.25, -0.2) is 4.39 Å². The van der Waals surface area contributed by atoms with Crippen LogP contribution in [0.2, 0.25) is 0 Å². The van der Waals surface area contributed by atoms with Gasteiger partial charge in [0.1, 0.15) is 22.9 Å². The van der Waals surface area contributed by atoms with Gasteiger partial charge in [-0.05, 0) is 36.4 Å². The fourth-order valence-corrected chi connectivity index (χ4v) is 4.84. The minimum Gasteiger partial charge on any atom is -0.482 e. The Kier molecular flexibility index (Phi) is 4.36. The monoisotopic (exact) mass is 444 g/mol. The van der Waals surface area contributed by atoms with Crippen molar-refractivity contribution in [3.05, 3.63) is 77.9 Å². The van der Waals surface area contributed by atoms with Gasteiger partial charge in [0.05, 0.1) is 11.9 Å². The maximum atomic E-state index is 13.2. The van der Waals surface area contributed by atoms with Crippen LogP contribution in [-0.4, -0.2) is 38.8 Å². The summed E-state index contributed by atoms with van der Waals surface area (Å²) in [6.07, 6.45) is 3.17. The summed E-state index contributed by atoms with van der Waals surface area (Å²) in [6.45, 7) is 1.03. The highest BCUT2D eigenvalue weighted by molar-refractivity contribution is 5.92. The minimum atomic E-state index is -0.518. The molecule has 0 radical (unpaired) electrons. The Morgan fingerprint density at radius 3 is 2.64 bits per heavy atom. The fourth-order valence-electron chi connectivity index (χ4n) is 4.84. The molecule has 33 heavy (non-hydrogen) atoms. The van der Waals surface area contributed by atoms with E-state index in [1.165, 1.54) is 12.1 Å². The summed E-state index contributed by atoms with van der Waals surface area (Å²) < 4.78 is 27.0. The number of benzene rings is 2. The number of para-hydroxylation sites is 1. The van der Waals surface area contributed by atoms with E-state index in [0.29, 0.717) is 37.2 Å². The summed E-state index contributed by atoms with van der Waals surface area (Å²) >= 11 is 0. The van der Waals surface area contributed by atoms with Crippen molar-refractivity contribution in [1.29, 1.82) is 0 Å². The number of aromatic nitrogens is 3. The predicted molar refractivity (Wildman–Crippen MR) is 118 cm³/mol. The Labute approximate surface area is 189 Å². The van der Waals surface area contributed by atoms with Crippen LogP contribution in [-0.2, 0) is 12.6 Å². The largest absolute Gasteiger partial charge is 0.482 e. The highest BCUT2D eigenvalue weighted by Crippen LogP contribution is 2.49. The molecular formula is C25H21FN4O3. The Morgan fingerprint density at radius 2 is 1.85 bits per heavy atom. The number of amides is 1. The highest BCUT2D eigenvalue weighted by atomic mass is 19.1. The molecule has 0 N–H and O–H groups in total. The molecule has 0 atom stereocenters. The number of aryl methyl sites for hydroxylation is 1. The van der Waals surface area contributed by atoms with Gasteiger partial charge in [-0.3, -0.25) is 9.48 Å². The average molecular weight is 444 g/mol. The van der Waals surface area contributed by atoms with Gasteiger partial charge in [-0.1, -0.05) is 17.3 Å². The van der Waals surface area contributed by atoms with Crippen LogP contribution < -0.4 is 4.74 Å². The second kappa shape index (κ2) is 7.30. The third-order valence-corrected chi connectivity index (χ3v) is 6.60. The van der Waals surface area contributed by atoms with Gasteiger partial charge in [-0.15, -0.1) is 0 Å². The zero-order chi connectivity index (χ0) is 22.6. The Balaban J connectivity index is 1.23. The van der Waals surface area contributed by atoms with Crippen LogP contribution in [0.4, 0.5) is 4.39 Å². The lowest BCUT2D eigenvalue weighted by Crippen LogP contribution is -2.49. The van der Waals surface area contributed by atoms with Crippen molar-refractivity contribution in [2.45, 2.75) is 18.4 Å². The fraction of sp³-hybridized carbons (Fsp3) is 0.240. The van der Waals surface area contributed by atoms with E-state index in [-0.39, 0.29) is 17.5 Å². The first kappa shape index (κ1) is 19.7. The van der Waals surface area contributed by atoms with E-state index in [0.717, 1.165) is 22.6 Å². The van der Waals surface area contributed by atoms with Crippen LogP contribution in [0.1, 0.15) is 29.0 Å². The average Bonchev–Trinajstić information content (AvgIpc) is 3.48. The number of carbonyl (C=O) groups is 1. The molecule has 4 heterocycles. The molecule has 0 aliphatic carbocycles. The molecule has 8 heteroatoms. The number of ether oxygens (including phenoxy) is 1. The molecule has 1 spiro atoms. The van der Waals surface area contributed by atoms with Gasteiger partial charge < -0.3 is 14.2 Å². The number of hydrogen-bond donors (Lipinski definition) is 0. The van der Waals surface area contributed by atoms with E-state index in [1.807, 2.05) is 42.2 Å². The molecule has 1 amide bonds. The number of nitrogens with zero attached hydrogens (tertiary/aromatic N) is 4. The number of halogens is 1. The lowest BCUT2D eigenvalue weighted by molar-refractivity contribution is -0.00281. The van der Waals surface area contributed by atoms with Crippen LogP contribution in [0.3, 0.4) is 0 Å². The SMILES string of the molecule is Cn1ncc2c1-c1ccccc1OC21CCN(C(=O)c2cc(-c3ccc(F)cc3)no2)CC1. The predicted octanol–water partition coefficient (Wildman–Crippen LogP) is 4.41. The molecule has 0 unspecified atom stereocenters. The van der Waals surface area contributed by atoms with Crippen molar-refractivity contribution < 1.29 is 18.4 Å². The molecule has 2 aliphatic rings. The topological polar surface area (TPSA) is 73.4 Å². The molecule has 0 bridgehead atoms. The Bertz CT molecular complexity index is 1350. The van der Waals surface area contributed by atoms with Gasteiger partial charge >= 0.3 is 0 Å². The Hall–Kier alpha value is -3.94. The van der Waals surface area contributed by atoms with E-state index >= 15 is 0 Å². The van der Waals surface area contributed by atoms with Crippen molar-refractivity contribution in [3.63, 3.8) is 0 Å². The van der Waals surface area contributed by atoms with Gasteiger partial charge in [-0.2, -0.15) is 5.10 Å². The summed E-state index contributed by atoms with van der Waals surface area (Å²) in [5, 5.41) is 8.49. The van der Waals surface area contributed by atoms with E-state index in [1.54, 1.807) is 23.1 Å². The quantitative estimate of drug-likeness (QED) is 0.458. The molecule has 2 aromatic carbocycles. The summed E-state index contributed by atoms with van der Waals surface area (Å²) in [5.74, 6) is 0.466. The molecule has 4 aromatic rings. The first-order chi connectivity index (χ1) is 16.0. The number of rotatable bonds is 2. The number of fused-ring (bicyclic) bond motifs is 4. The van der Waals surface area contributed by atoms with Gasteiger partial charge in [0.2, 0.25) is 5.76 Å². The Morgan fingerprint density at radius 1 is 1.09 bits per heavy atom. The van der Waals surface area contributed by atoms with Crippen LogP contribution in [0.25, 0.3) is 22.5 Å². The summed E-state index contributed by atoms with van der Waals surface area (Å²) in [4.78, 5) is 14.9. The van der Waals surface area contributed by atoms with E-state index in [4.69, 9.17) is 9.26 Å². The molecule has 166 valence electrons. The minimum absolute atomic E-state index is 0.169. The van der Waals surface area contributed by atoms with Crippen molar-refractivity contribution in [2.24, 2.45) is 7.05 Å². The van der Waals surface area contributed by atoms with E-state index < -0.39 is 5.60 Å². The molecular weight excluding hydrogens is 423 g/mol. The molecule has 1 saturated heterocycles. The molecule has 2 aliphatic heterocycles. The summed E-state index contributed by atoms with van der Waals surface area (Å²) in [6, 6.07) is 15.5. The van der Waals surface area contributed by atoms with Crippen LogP contribution in [0.5, 0.6) is 5.75 Å². The standard InChI is InChI=1S/C25H21FN4O3/c1-29-23-18-4-2-3-5-21(18)32-25(19(23)15-27-29)10-12-30(13-11-25)24(31)22-14-20(28-33-22)16-6-8-17(26)9-7-16/h2-9,14-15H,10-13H2,1H3. The number of likely N-dealkylation sites (tertiary alicyclic amines) is 1. The van der Waals surface area contributed by atoms with E-state index in [9.17, 15) is 9.18 Å². The maximum absolute atomic E-state index is 13.2. The maximum Gasteiger partial charge on any atom is 0.292 e. The second-order valence-electron chi connectivity index (χ2n) is 8.50. The number of carbonyl (C=O) groups excluding carboxylic acids is 1. The summed E-state index contributed by atoms with van der Waals surface area (Å²) in [7, 11) is 1.94. The zero-order valence-electron chi connectivity index (χ0n) is 18.0. The first-order valence-electron chi connectivity index (χ1n) is 10.9. The zero-order valence-corrected chi connectivity index (χ0v) is 18.0. The van der Waals surface area contributed by atoms with Crippen molar-refractivity contribution in [2.75, 3.05) is 13.1 Å². The summed E-state index contributed by atoms with van der Waals surface area (Å²) in [5.41, 5.74) is 3.83. The highest BCUT2D eigenvalue weighted by Gasteiger charge is 2.46. The van der Waals surface area contributed by atoms with Crippen LogP contribution in [0.15, 0.2) is 65.3 Å². The molecule has 6 rings (SSSR count). The molecule has 1 fully saturated rings. The van der Waals surface area contributed by atoms with Crippen LogP contribution in [0, 0.1) is 5.82 Å². The third-order valence-electron chi connectivity index (χ3n) is 6.60. The number of hydrogen-bond acceptors (Lipinski definition) is 5. The first-order valence-corrected chi connectivity index (χ1v) is 10.9. The molecule has 0 saturated carbocycles. The van der Waals surface area contributed by atoms with E-state index in [2.05, 4.69) is 10.3 Å². The lowest BCUT2D eigenvalue weighted by atomic mass is 9.81. The van der Waals surface area contributed by atoms with Gasteiger partial charge in [0, 0.05) is 55.7 Å². The van der Waals surface area contributed by atoms with Gasteiger partial charge in [0.25, 0.3) is 5.91 Å². The van der Waals surface area contributed by atoms with Crippen molar-refractivity contribution in [1.82, 2.24) is 19.8 Å². The molecule has 2 aromatic heterocycles. The van der Waals surface area contributed by atoms with Gasteiger partial charge in [0.15, 0.2) is 0 Å². The smallest absolute Gasteiger partial charge is 0.292 e. The lowest BCUT2D eigenvalue weighted by Gasteiger charge is -2.44. The third kappa shape index (κ3) is 3.13. The van der Waals surface area contributed by atoms with Crippen molar-refractivity contribution >= 4 is 5.91 Å². The second-order valence-corrected chi connectivity index (χ2v) is 8.50. The van der Waals surface area contributed by atoms with Crippen molar-refractivity contribution in [3.8, 4) is 28.3 Å². The van der Waals surface area contributed by atoms with Crippen LogP contribution >= 0.6 is 0 Å².